The lowest BCUT2D eigenvalue weighted by atomic mass is 10.2. The van der Waals surface area contributed by atoms with Crippen LogP contribution in [0.5, 0.6) is 0 Å². The van der Waals surface area contributed by atoms with Crippen molar-refractivity contribution in [3.05, 3.63) is 30.3 Å². The molecule has 0 saturated carbocycles. The van der Waals surface area contributed by atoms with Gasteiger partial charge in [-0.05, 0) is 40.7 Å². The fourth-order valence-corrected chi connectivity index (χ4v) is 3.55. The molecule has 0 radical (unpaired) electrons. The van der Waals surface area contributed by atoms with E-state index in [0.29, 0.717) is 0 Å². The molecule has 0 bridgehead atoms. The summed E-state index contributed by atoms with van der Waals surface area (Å²) in [5.74, 6) is 0.847. The minimum Gasteiger partial charge on any atom is -0.416 e. The predicted molar refractivity (Wildman–Crippen MR) is 93.0 cm³/mol. The van der Waals surface area contributed by atoms with Gasteiger partial charge in [-0.25, -0.2) is 0 Å². The Kier molecular flexibility index (Phi) is 5.41. The summed E-state index contributed by atoms with van der Waals surface area (Å²) in [6.07, 6.45) is 0. The fraction of sp³-hybridized carbons (Fsp3) is 0.533. The molecule has 0 aliphatic carbocycles. The van der Waals surface area contributed by atoms with Crippen LogP contribution in [0.4, 0.5) is 0 Å². The van der Waals surface area contributed by atoms with Crippen molar-refractivity contribution in [1.29, 1.82) is 0 Å². The van der Waals surface area contributed by atoms with Crippen molar-refractivity contribution in [3.8, 4) is 5.69 Å². The molecule has 22 heavy (non-hydrogen) atoms. The Morgan fingerprint density at radius 2 is 1.86 bits per heavy atom. The summed E-state index contributed by atoms with van der Waals surface area (Å²) >= 11 is 1.62. The molecule has 2 rings (SSSR count). The molecule has 0 aliphatic heterocycles. The SMILES string of the molecule is CC(C)(C)[Si](C)(C)OCCSc1nnnn1-c1ccccc1. The summed E-state index contributed by atoms with van der Waals surface area (Å²) in [5.41, 5.74) is 0.973. The predicted octanol–water partition coefficient (Wildman–Crippen LogP) is 3.78. The molecule has 1 aromatic carbocycles. The monoisotopic (exact) mass is 336 g/mol. The van der Waals surface area contributed by atoms with Crippen molar-refractivity contribution in [3.63, 3.8) is 0 Å². The van der Waals surface area contributed by atoms with Crippen LogP contribution in [0.3, 0.4) is 0 Å². The van der Waals surface area contributed by atoms with Crippen LogP contribution in [-0.2, 0) is 4.43 Å². The minimum atomic E-state index is -1.68. The summed E-state index contributed by atoms with van der Waals surface area (Å²) in [5, 5.41) is 13.0. The van der Waals surface area contributed by atoms with Crippen molar-refractivity contribution in [2.24, 2.45) is 0 Å². The van der Waals surface area contributed by atoms with E-state index in [2.05, 4.69) is 49.4 Å². The minimum absolute atomic E-state index is 0.239. The normalized spacial score (nSPS) is 12.6. The van der Waals surface area contributed by atoms with E-state index in [-0.39, 0.29) is 5.04 Å². The van der Waals surface area contributed by atoms with Gasteiger partial charge in [0.25, 0.3) is 0 Å². The quantitative estimate of drug-likeness (QED) is 0.456. The Balaban J connectivity index is 1.91. The van der Waals surface area contributed by atoms with Gasteiger partial charge in [-0.1, -0.05) is 50.7 Å². The lowest BCUT2D eigenvalue weighted by Crippen LogP contribution is -2.41. The molecular weight excluding hydrogens is 312 g/mol. The molecule has 1 aromatic heterocycles. The Labute approximate surface area is 137 Å². The summed E-state index contributed by atoms with van der Waals surface area (Å²) in [7, 11) is -1.68. The zero-order valence-electron chi connectivity index (χ0n) is 13.9. The van der Waals surface area contributed by atoms with Crippen molar-refractivity contribution in [2.75, 3.05) is 12.4 Å². The van der Waals surface area contributed by atoms with Gasteiger partial charge >= 0.3 is 0 Å². The zero-order chi connectivity index (χ0) is 16.2. The van der Waals surface area contributed by atoms with E-state index >= 15 is 0 Å². The largest absolute Gasteiger partial charge is 0.416 e. The lowest BCUT2D eigenvalue weighted by molar-refractivity contribution is 0.311. The first kappa shape index (κ1) is 17.2. The maximum Gasteiger partial charge on any atom is 0.214 e. The zero-order valence-corrected chi connectivity index (χ0v) is 15.7. The van der Waals surface area contributed by atoms with Crippen LogP contribution in [0, 0.1) is 0 Å². The Morgan fingerprint density at radius 3 is 2.50 bits per heavy atom. The molecule has 0 atom stereocenters. The van der Waals surface area contributed by atoms with Gasteiger partial charge < -0.3 is 4.43 Å². The first-order valence-electron chi connectivity index (χ1n) is 7.42. The molecule has 0 N–H and O–H groups in total. The number of para-hydroxylation sites is 1. The standard InChI is InChI=1S/C15H24N4OSSi/c1-15(2,3)22(4,5)20-11-12-21-14-16-17-18-19(14)13-9-7-6-8-10-13/h6-10H,11-12H2,1-5H3. The maximum absolute atomic E-state index is 6.18. The summed E-state index contributed by atoms with van der Waals surface area (Å²) in [6, 6.07) is 9.92. The van der Waals surface area contributed by atoms with E-state index in [4.69, 9.17) is 4.43 Å². The van der Waals surface area contributed by atoms with Gasteiger partial charge in [-0.2, -0.15) is 4.68 Å². The highest BCUT2D eigenvalue weighted by Gasteiger charge is 2.36. The van der Waals surface area contributed by atoms with Gasteiger partial charge in [0.2, 0.25) is 5.16 Å². The van der Waals surface area contributed by atoms with Crippen LogP contribution < -0.4 is 0 Å². The van der Waals surface area contributed by atoms with Gasteiger partial charge in [-0.3, -0.25) is 0 Å². The fourth-order valence-electron chi connectivity index (χ4n) is 1.65. The van der Waals surface area contributed by atoms with E-state index in [9.17, 15) is 0 Å². The summed E-state index contributed by atoms with van der Waals surface area (Å²) in [6.45, 7) is 12.0. The van der Waals surface area contributed by atoms with E-state index in [1.807, 2.05) is 30.3 Å². The Morgan fingerprint density at radius 1 is 1.18 bits per heavy atom. The summed E-state index contributed by atoms with van der Waals surface area (Å²) < 4.78 is 7.94. The maximum atomic E-state index is 6.18. The highest BCUT2D eigenvalue weighted by atomic mass is 32.2. The van der Waals surface area contributed by atoms with Gasteiger partial charge in [0, 0.05) is 12.4 Å². The third-order valence-electron chi connectivity index (χ3n) is 4.03. The van der Waals surface area contributed by atoms with E-state index in [1.165, 1.54) is 0 Å². The first-order valence-corrected chi connectivity index (χ1v) is 11.3. The number of nitrogens with zero attached hydrogens (tertiary/aromatic N) is 4. The van der Waals surface area contributed by atoms with Crippen molar-refractivity contribution >= 4 is 20.1 Å². The molecular formula is C15H24N4OSSi. The molecule has 7 heteroatoms. The van der Waals surface area contributed by atoms with Crippen LogP contribution in [0.25, 0.3) is 5.69 Å². The number of benzene rings is 1. The van der Waals surface area contributed by atoms with Crippen molar-refractivity contribution < 1.29 is 4.43 Å². The molecule has 0 saturated heterocycles. The number of hydrogen-bond donors (Lipinski definition) is 0. The van der Waals surface area contributed by atoms with Crippen LogP contribution in [-0.4, -0.2) is 40.9 Å². The second-order valence-corrected chi connectivity index (χ2v) is 12.5. The third-order valence-corrected chi connectivity index (χ3v) is 9.45. The molecule has 5 nitrogen and oxygen atoms in total. The molecule has 0 spiro atoms. The van der Waals surface area contributed by atoms with Crippen molar-refractivity contribution in [1.82, 2.24) is 20.2 Å². The number of aromatic nitrogens is 4. The lowest BCUT2D eigenvalue weighted by Gasteiger charge is -2.36. The highest BCUT2D eigenvalue weighted by Crippen LogP contribution is 2.36. The van der Waals surface area contributed by atoms with Crippen LogP contribution in [0.15, 0.2) is 35.5 Å². The van der Waals surface area contributed by atoms with E-state index in [0.717, 1.165) is 23.2 Å². The topological polar surface area (TPSA) is 52.8 Å². The average Bonchev–Trinajstić information content (AvgIpc) is 2.92. The first-order chi connectivity index (χ1) is 10.3. The Hall–Kier alpha value is -1.18. The third kappa shape index (κ3) is 4.18. The molecule has 0 aliphatic rings. The highest BCUT2D eigenvalue weighted by molar-refractivity contribution is 7.99. The van der Waals surface area contributed by atoms with Crippen LogP contribution in [0.1, 0.15) is 20.8 Å². The number of tetrazole rings is 1. The van der Waals surface area contributed by atoms with E-state index < -0.39 is 8.32 Å². The van der Waals surface area contributed by atoms with Gasteiger partial charge in [0.1, 0.15) is 0 Å². The molecule has 0 amide bonds. The Bertz CT molecular complexity index is 595. The number of thioether (sulfide) groups is 1. The van der Waals surface area contributed by atoms with Gasteiger partial charge in [-0.15, -0.1) is 5.10 Å². The number of rotatable bonds is 6. The second kappa shape index (κ2) is 6.93. The van der Waals surface area contributed by atoms with Crippen LogP contribution >= 0.6 is 11.8 Å². The molecule has 2 aromatic rings. The van der Waals surface area contributed by atoms with Crippen LogP contribution in [0.2, 0.25) is 18.1 Å². The average molecular weight is 337 g/mol. The summed E-state index contributed by atoms with van der Waals surface area (Å²) in [4.78, 5) is 0. The molecule has 1 heterocycles. The number of hydrogen-bond acceptors (Lipinski definition) is 5. The second-order valence-electron chi connectivity index (χ2n) is 6.67. The van der Waals surface area contributed by atoms with Gasteiger partial charge in [0.15, 0.2) is 8.32 Å². The smallest absolute Gasteiger partial charge is 0.214 e. The van der Waals surface area contributed by atoms with Gasteiger partial charge in [0.05, 0.1) is 5.69 Å². The molecule has 0 fully saturated rings. The molecule has 120 valence electrons. The molecule has 0 unspecified atom stereocenters. The van der Waals surface area contributed by atoms with Crippen molar-refractivity contribution in [2.45, 2.75) is 44.1 Å². The van der Waals surface area contributed by atoms with E-state index in [1.54, 1.807) is 16.4 Å².